The smallest absolute Gasteiger partial charge is 0.365 e. The van der Waals surface area contributed by atoms with Gasteiger partial charge in [-0.15, -0.1) is 11.3 Å². The maximum Gasteiger partial charge on any atom is 0.365 e. The molecule has 0 unspecified atom stereocenters. The first-order valence-electron chi connectivity index (χ1n) is 11.1. The highest BCUT2D eigenvalue weighted by Crippen LogP contribution is 2.30. The molecule has 0 spiro atoms. The van der Waals surface area contributed by atoms with Crippen molar-refractivity contribution < 1.29 is 19.0 Å². The van der Waals surface area contributed by atoms with Gasteiger partial charge in [-0.05, 0) is 19.1 Å². The van der Waals surface area contributed by atoms with Crippen molar-refractivity contribution in [1.82, 2.24) is 19.5 Å². The van der Waals surface area contributed by atoms with Crippen LogP contribution in [-0.4, -0.2) is 44.2 Å². The molecule has 0 aliphatic carbocycles. The third-order valence-electron chi connectivity index (χ3n) is 5.85. The molecule has 36 heavy (non-hydrogen) atoms. The third-order valence-corrected chi connectivity index (χ3v) is 6.68. The zero-order valence-electron chi connectivity index (χ0n) is 19.5. The van der Waals surface area contributed by atoms with Crippen molar-refractivity contribution in [1.29, 1.82) is 0 Å². The van der Waals surface area contributed by atoms with Crippen LogP contribution in [0, 0.1) is 12.7 Å². The molecule has 182 valence electrons. The Morgan fingerprint density at radius 3 is 2.56 bits per heavy atom. The van der Waals surface area contributed by atoms with Crippen LogP contribution in [0.4, 0.5) is 10.2 Å². The molecule has 0 saturated carbocycles. The highest BCUT2D eigenvalue weighted by Gasteiger charge is 2.13. The Morgan fingerprint density at radius 1 is 1.11 bits per heavy atom. The third kappa shape index (κ3) is 4.63. The summed E-state index contributed by atoms with van der Waals surface area (Å²) < 4.78 is 21.4. The van der Waals surface area contributed by atoms with Crippen molar-refractivity contribution >= 4 is 34.0 Å². The average molecular weight is 504 g/mol. The quantitative estimate of drug-likeness (QED) is 0.289. The van der Waals surface area contributed by atoms with E-state index in [9.17, 15) is 9.18 Å². The number of hydrogen-bond acceptors (Lipinski definition) is 7. The van der Waals surface area contributed by atoms with Gasteiger partial charge in [0.2, 0.25) is 5.01 Å². The maximum absolute atomic E-state index is 14.1. The molecule has 3 heterocycles. The second kappa shape index (κ2) is 9.74. The SMILES string of the molecule is COc1cc(F)cc2c1cc(C)n2CCNc1cc(-c2ccc(-c3csc(C(=O)O)n3)cc2)ncn1. The first-order chi connectivity index (χ1) is 17.4. The van der Waals surface area contributed by atoms with Gasteiger partial charge in [-0.3, -0.25) is 0 Å². The van der Waals surface area contributed by atoms with E-state index in [1.807, 2.05) is 47.9 Å². The van der Waals surface area contributed by atoms with Gasteiger partial charge in [-0.1, -0.05) is 24.3 Å². The number of ether oxygens (including phenoxy) is 1. The molecule has 0 radical (unpaired) electrons. The molecule has 2 N–H and O–H groups in total. The number of aromatic carboxylic acids is 1. The molecule has 10 heteroatoms. The number of carboxylic acid groups (broad SMARTS) is 1. The van der Waals surface area contributed by atoms with E-state index < -0.39 is 5.97 Å². The van der Waals surface area contributed by atoms with Gasteiger partial charge in [-0.2, -0.15) is 0 Å². The fraction of sp³-hybridized carbons (Fsp3) is 0.154. The number of hydrogen-bond donors (Lipinski definition) is 2. The summed E-state index contributed by atoms with van der Waals surface area (Å²) >= 11 is 1.10. The van der Waals surface area contributed by atoms with Gasteiger partial charge in [0.25, 0.3) is 0 Å². The van der Waals surface area contributed by atoms with E-state index in [1.54, 1.807) is 5.38 Å². The number of methoxy groups -OCH3 is 1. The number of nitrogens with zero attached hydrogens (tertiary/aromatic N) is 4. The fourth-order valence-corrected chi connectivity index (χ4v) is 4.78. The van der Waals surface area contributed by atoms with Gasteiger partial charge < -0.3 is 19.7 Å². The monoisotopic (exact) mass is 503 g/mol. The van der Waals surface area contributed by atoms with Crippen molar-refractivity contribution in [3.63, 3.8) is 0 Å². The molecule has 0 aliphatic heterocycles. The Kier molecular flexibility index (Phi) is 6.34. The Hall–Kier alpha value is -4.31. The van der Waals surface area contributed by atoms with E-state index in [0.29, 0.717) is 30.4 Å². The number of carboxylic acids is 1. The van der Waals surface area contributed by atoms with Crippen LogP contribution < -0.4 is 10.1 Å². The first-order valence-corrected chi connectivity index (χ1v) is 12.0. The standard InChI is InChI=1S/C26H22FN5O3S/c1-15-9-19-22(10-18(27)11-23(19)35-2)32(15)8-7-28-24-12-20(29-14-30-24)16-3-5-17(6-4-16)21-13-36-25(31-21)26(33)34/h3-6,9-14H,7-8H2,1-2H3,(H,33,34)(H,28,29,30). The highest BCUT2D eigenvalue weighted by molar-refractivity contribution is 7.11. The summed E-state index contributed by atoms with van der Waals surface area (Å²) in [6.07, 6.45) is 1.50. The number of aryl methyl sites for hydroxylation is 1. The number of carbonyl (C=O) groups is 1. The van der Waals surface area contributed by atoms with Crippen LogP contribution in [0.25, 0.3) is 33.4 Å². The Balaban J connectivity index is 1.29. The van der Waals surface area contributed by atoms with E-state index in [4.69, 9.17) is 9.84 Å². The molecule has 0 aliphatic rings. The topological polar surface area (TPSA) is 102 Å². The number of anilines is 1. The van der Waals surface area contributed by atoms with Crippen LogP contribution in [-0.2, 0) is 6.54 Å². The number of nitrogens with one attached hydrogen (secondary N) is 1. The minimum absolute atomic E-state index is 0.0629. The summed E-state index contributed by atoms with van der Waals surface area (Å²) in [5, 5.41) is 15.1. The second-order valence-electron chi connectivity index (χ2n) is 8.11. The molecule has 5 rings (SSSR count). The van der Waals surface area contributed by atoms with Crippen molar-refractivity contribution in [2.24, 2.45) is 0 Å². The van der Waals surface area contributed by atoms with Crippen LogP contribution in [0.3, 0.4) is 0 Å². The lowest BCUT2D eigenvalue weighted by atomic mass is 10.1. The summed E-state index contributed by atoms with van der Waals surface area (Å²) in [6, 6.07) is 14.4. The first kappa shape index (κ1) is 23.4. The van der Waals surface area contributed by atoms with Gasteiger partial charge in [0.05, 0.1) is 24.0 Å². The van der Waals surface area contributed by atoms with Gasteiger partial charge in [-0.25, -0.2) is 24.1 Å². The lowest BCUT2D eigenvalue weighted by Crippen LogP contribution is -2.12. The molecule has 5 aromatic rings. The molecule has 0 amide bonds. The van der Waals surface area contributed by atoms with E-state index in [0.717, 1.165) is 44.8 Å². The summed E-state index contributed by atoms with van der Waals surface area (Å²) in [4.78, 5) is 23.9. The zero-order chi connectivity index (χ0) is 25.2. The minimum atomic E-state index is -1.03. The van der Waals surface area contributed by atoms with E-state index in [2.05, 4.69) is 20.3 Å². The summed E-state index contributed by atoms with van der Waals surface area (Å²) in [7, 11) is 1.54. The van der Waals surface area contributed by atoms with Crippen molar-refractivity contribution in [3.05, 3.63) is 76.8 Å². The maximum atomic E-state index is 14.1. The molecule has 0 saturated heterocycles. The predicted molar refractivity (Wildman–Crippen MR) is 137 cm³/mol. The van der Waals surface area contributed by atoms with Crippen molar-refractivity contribution in [3.8, 4) is 28.3 Å². The Morgan fingerprint density at radius 2 is 1.86 bits per heavy atom. The molecular formula is C26H22FN5O3S. The zero-order valence-corrected chi connectivity index (χ0v) is 20.3. The Labute approximate surface area is 210 Å². The molecular weight excluding hydrogens is 481 g/mol. The van der Waals surface area contributed by atoms with Gasteiger partial charge >= 0.3 is 5.97 Å². The number of fused-ring (bicyclic) bond motifs is 1. The van der Waals surface area contributed by atoms with Gasteiger partial charge in [0.15, 0.2) is 0 Å². The lowest BCUT2D eigenvalue weighted by Gasteiger charge is -2.11. The summed E-state index contributed by atoms with van der Waals surface area (Å²) in [6.45, 7) is 3.18. The van der Waals surface area contributed by atoms with Crippen molar-refractivity contribution in [2.75, 3.05) is 19.0 Å². The Bertz CT molecular complexity index is 1560. The molecule has 0 fully saturated rings. The van der Waals surface area contributed by atoms with Crippen LogP contribution >= 0.6 is 11.3 Å². The lowest BCUT2D eigenvalue weighted by molar-refractivity contribution is 0.0696. The minimum Gasteiger partial charge on any atom is -0.496 e. The van der Waals surface area contributed by atoms with E-state index in [1.165, 1.54) is 25.6 Å². The number of benzene rings is 2. The fourth-order valence-electron chi connectivity index (χ4n) is 4.11. The van der Waals surface area contributed by atoms with Crippen molar-refractivity contribution in [2.45, 2.75) is 13.5 Å². The predicted octanol–water partition coefficient (Wildman–Crippen LogP) is 5.49. The van der Waals surface area contributed by atoms with Crippen LogP contribution in [0.15, 0.2) is 60.2 Å². The molecule has 0 bridgehead atoms. The number of rotatable bonds is 8. The van der Waals surface area contributed by atoms with E-state index in [-0.39, 0.29) is 10.8 Å². The number of thiazole rings is 1. The van der Waals surface area contributed by atoms with Crippen LogP contribution in [0.1, 0.15) is 15.5 Å². The van der Waals surface area contributed by atoms with Crippen LogP contribution in [0.2, 0.25) is 0 Å². The van der Waals surface area contributed by atoms with Gasteiger partial charge in [0, 0.05) is 52.8 Å². The summed E-state index contributed by atoms with van der Waals surface area (Å²) in [5.41, 5.74) is 4.89. The molecule has 2 aromatic carbocycles. The number of aromatic nitrogens is 4. The molecule has 0 atom stereocenters. The largest absolute Gasteiger partial charge is 0.496 e. The van der Waals surface area contributed by atoms with Gasteiger partial charge in [0.1, 0.15) is 23.7 Å². The van der Waals surface area contributed by atoms with Crippen LogP contribution in [0.5, 0.6) is 5.75 Å². The number of halogens is 1. The summed E-state index contributed by atoms with van der Waals surface area (Å²) in [5.74, 6) is -0.179. The second-order valence-corrected chi connectivity index (χ2v) is 8.97. The molecule has 8 nitrogen and oxygen atoms in total. The highest BCUT2D eigenvalue weighted by atomic mass is 32.1. The van der Waals surface area contributed by atoms with E-state index >= 15 is 0 Å². The average Bonchev–Trinajstić information content (AvgIpc) is 3.49. The molecule has 3 aromatic heterocycles. The normalized spacial score (nSPS) is 11.1.